The molecule has 0 aliphatic carbocycles. The Labute approximate surface area is 207 Å². The monoisotopic (exact) mass is 558 g/mol. The lowest BCUT2D eigenvalue weighted by Crippen LogP contribution is -2.44. The van der Waals surface area contributed by atoms with E-state index in [0.717, 1.165) is 74.8 Å². The fourth-order valence-electron chi connectivity index (χ4n) is 3.58. The zero-order chi connectivity index (χ0) is 22.2. The summed E-state index contributed by atoms with van der Waals surface area (Å²) in [6.45, 7) is 8.32. The Hall–Kier alpha value is -2.08. The highest BCUT2D eigenvalue weighted by Gasteiger charge is 2.22. The lowest BCUT2D eigenvalue weighted by atomic mass is 9.99. The SMILES string of the molecule is CCOCCCNC(=NCc1nnc(C)n1C)N1CCc2cc(OC)c(OC)cc2C1.I. The summed E-state index contributed by atoms with van der Waals surface area (Å²) in [7, 11) is 5.30. The van der Waals surface area contributed by atoms with Crippen LogP contribution in [0.1, 0.15) is 36.1 Å². The fraction of sp³-hybridized carbons (Fsp3) is 0.591. The van der Waals surface area contributed by atoms with E-state index in [1.54, 1.807) is 14.2 Å². The molecule has 0 spiro atoms. The Kier molecular flexibility index (Phi) is 10.5. The first-order chi connectivity index (χ1) is 15.1. The number of methoxy groups -OCH3 is 2. The third-order valence-electron chi connectivity index (χ3n) is 5.52. The van der Waals surface area contributed by atoms with E-state index in [1.807, 2.05) is 25.5 Å². The lowest BCUT2D eigenvalue weighted by Gasteiger charge is -2.32. The summed E-state index contributed by atoms with van der Waals surface area (Å²) in [6, 6.07) is 4.15. The smallest absolute Gasteiger partial charge is 0.194 e. The van der Waals surface area contributed by atoms with Crippen molar-refractivity contribution >= 4 is 29.9 Å². The highest BCUT2D eigenvalue weighted by atomic mass is 127. The molecule has 0 saturated carbocycles. The number of benzene rings is 1. The average molecular weight is 558 g/mol. The van der Waals surface area contributed by atoms with Gasteiger partial charge in [0.2, 0.25) is 0 Å². The number of aliphatic imine (C=N–C) groups is 1. The Bertz CT molecular complexity index is 902. The van der Waals surface area contributed by atoms with Crippen LogP contribution in [-0.4, -0.2) is 66.1 Å². The standard InChI is InChI=1S/C22H34N6O3.HI/c1-6-31-11-7-9-23-22(24-14-21-26-25-16(2)27(21)3)28-10-8-17-12-19(29-4)20(30-5)13-18(17)15-28;/h12-13H,6-11,14-15H2,1-5H3,(H,23,24);1H. The molecule has 0 fully saturated rings. The lowest BCUT2D eigenvalue weighted by molar-refractivity contribution is 0.145. The van der Waals surface area contributed by atoms with Gasteiger partial charge in [-0.3, -0.25) is 0 Å². The molecule has 3 rings (SSSR count). The minimum absolute atomic E-state index is 0. The first kappa shape index (κ1) is 26.2. The predicted octanol–water partition coefficient (Wildman–Crippen LogP) is 2.69. The van der Waals surface area contributed by atoms with Crippen LogP contribution in [0.25, 0.3) is 0 Å². The molecule has 2 aromatic rings. The van der Waals surface area contributed by atoms with Gasteiger partial charge in [0, 0.05) is 39.9 Å². The molecule has 0 unspecified atom stereocenters. The van der Waals surface area contributed by atoms with E-state index in [4.69, 9.17) is 19.2 Å². The molecule has 1 aliphatic rings. The molecule has 178 valence electrons. The van der Waals surface area contributed by atoms with Gasteiger partial charge in [-0.1, -0.05) is 0 Å². The van der Waals surface area contributed by atoms with Gasteiger partial charge < -0.3 is 29.0 Å². The van der Waals surface area contributed by atoms with Crippen molar-refractivity contribution in [3.8, 4) is 11.5 Å². The number of hydrogen-bond donors (Lipinski definition) is 1. The van der Waals surface area contributed by atoms with E-state index >= 15 is 0 Å². The van der Waals surface area contributed by atoms with Crippen molar-refractivity contribution in [3.05, 3.63) is 34.9 Å². The quantitative estimate of drug-likeness (QED) is 0.219. The normalized spacial score (nSPS) is 13.4. The molecule has 0 saturated heterocycles. The molecule has 1 N–H and O–H groups in total. The van der Waals surface area contributed by atoms with Crippen molar-refractivity contribution < 1.29 is 14.2 Å². The molecule has 1 aromatic heterocycles. The predicted molar refractivity (Wildman–Crippen MR) is 135 cm³/mol. The summed E-state index contributed by atoms with van der Waals surface area (Å²) in [4.78, 5) is 7.15. The number of rotatable bonds is 9. The summed E-state index contributed by atoms with van der Waals surface area (Å²) >= 11 is 0. The topological polar surface area (TPSA) is 86.0 Å². The third kappa shape index (κ3) is 6.47. The number of fused-ring (bicyclic) bond motifs is 1. The average Bonchev–Trinajstić information content (AvgIpc) is 3.11. The van der Waals surface area contributed by atoms with Crippen LogP contribution >= 0.6 is 24.0 Å². The van der Waals surface area contributed by atoms with Crippen LogP contribution < -0.4 is 14.8 Å². The molecule has 0 radical (unpaired) electrons. The highest BCUT2D eigenvalue weighted by Crippen LogP contribution is 2.33. The number of hydrogen-bond acceptors (Lipinski definition) is 6. The summed E-state index contributed by atoms with van der Waals surface area (Å²) in [5.74, 6) is 4.12. The maximum absolute atomic E-state index is 5.50. The van der Waals surface area contributed by atoms with Crippen molar-refractivity contribution in [1.82, 2.24) is 25.0 Å². The number of aryl methyl sites for hydroxylation is 1. The number of ether oxygens (including phenoxy) is 3. The Morgan fingerprint density at radius 1 is 1.16 bits per heavy atom. The molecule has 9 nitrogen and oxygen atoms in total. The fourth-order valence-corrected chi connectivity index (χ4v) is 3.58. The Morgan fingerprint density at radius 3 is 2.50 bits per heavy atom. The summed E-state index contributed by atoms with van der Waals surface area (Å²) in [5, 5.41) is 11.9. The van der Waals surface area contributed by atoms with E-state index < -0.39 is 0 Å². The number of halogens is 1. The minimum Gasteiger partial charge on any atom is -0.493 e. The summed E-state index contributed by atoms with van der Waals surface area (Å²) in [5.41, 5.74) is 2.51. The van der Waals surface area contributed by atoms with E-state index in [0.29, 0.717) is 6.54 Å². The van der Waals surface area contributed by atoms with Gasteiger partial charge in [0.15, 0.2) is 23.3 Å². The molecule has 2 heterocycles. The van der Waals surface area contributed by atoms with Gasteiger partial charge >= 0.3 is 0 Å². The van der Waals surface area contributed by atoms with Crippen molar-refractivity contribution in [2.24, 2.45) is 12.0 Å². The zero-order valence-electron chi connectivity index (χ0n) is 19.7. The number of aromatic nitrogens is 3. The van der Waals surface area contributed by atoms with Gasteiger partial charge in [-0.05, 0) is 49.9 Å². The van der Waals surface area contributed by atoms with Gasteiger partial charge in [0.05, 0.1) is 14.2 Å². The van der Waals surface area contributed by atoms with Crippen molar-refractivity contribution in [2.45, 2.75) is 39.8 Å². The molecule has 0 amide bonds. The van der Waals surface area contributed by atoms with E-state index in [1.165, 1.54) is 11.1 Å². The molecular formula is C22H35IN6O3. The first-order valence-corrected chi connectivity index (χ1v) is 10.8. The van der Waals surface area contributed by atoms with Crippen molar-refractivity contribution in [1.29, 1.82) is 0 Å². The van der Waals surface area contributed by atoms with Gasteiger partial charge in [-0.25, -0.2) is 4.99 Å². The minimum atomic E-state index is 0. The number of nitrogens with one attached hydrogen (secondary N) is 1. The highest BCUT2D eigenvalue weighted by molar-refractivity contribution is 14.0. The van der Waals surface area contributed by atoms with Gasteiger partial charge in [0.25, 0.3) is 0 Å². The van der Waals surface area contributed by atoms with Crippen LogP contribution in [-0.2, 0) is 31.3 Å². The molecule has 32 heavy (non-hydrogen) atoms. The van der Waals surface area contributed by atoms with E-state index in [2.05, 4.69) is 32.5 Å². The molecule has 0 bridgehead atoms. The molecular weight excluding hydrogens is 523 g/mol. The van der Waals surface area contributed by atoms with Crippen molar-refractivity contribution in [3.63, 3.8) is 0 Å². The molecule has 1 aliphatic heterocycles. The summed E-state index contributed by atoms with van der Waals surface area (Å²) < 4.78 is 18.4. The maximum Gasteiger partial charge on any atom is 0.194 e. The van der Waals surface area contributed by atoms with Crippen LogP contribution in [0.2, 0.25) is 0 Å². The molecule has 0 atom stereocenters. The zero-order valence-corrected chi connectivity index (χ0v) is 22.0. The second-order valence-electron chi connectivity index (χ2n) is 7.49. The van der Waals surface area contributed by atoms with E-state index in [9.17, 15) is 0 Å². The van der Waals surface area contributed by atoms with Crippen LogP contribution in [0.4, 0.5) is 0 Å². The second kappa shape index (κ2) is 12.8. The van der Waals surface area contributed by atoms with Crippen LogP contribution in [0.5, 0.6) is 11.5 Å². The molecule has 10 heteroatoms. The third-order valence-corrected chi connectivity index (χ3v) is 5.52. The Morgan fingerprint density at radius 2 is 1.88 bits per heavy atom. The molecule has 1 aromatic carbocycles. The summed E-state index contributed by atoms with van der Waals surface area (Å²) in [6.07, 6.45) is 1.84. The van der Waals surface area contributed by atoms with Crippen molar-refractivity contribution in [2.75, 3.05) is 40.5 Å². The van der Waals surface area contributed by atoms with Crippen LogP contribution in [0.3, 0.4) is 0 Å². The number of guanidine groups is 1. The first-order valence-electron chi connectivity index (χ1n) is 10.8. The van der Waals surface area contributed by atoms with Crippen LogP contribution in [0.15, 0.2) is 17.1 Å². The largest absolute Gasteiger partial charge is 0.493 e. The van der Waals surface area contributed by atoms with Crippen LogP contribution in [0, 0.1) is 6.92 Å². The van der Waals surface area contributed by atoms with E-state index in [-0.39, 0.29) is 24.0 Å². The number of nitrogens with zero attached hydrogens (tertiary/aromatic N) is 5. The van der Waals surface area contributed by atoms with Gasteiger partial charge in [-0.2, -0.15) is 0 Å². The second-order valence-corrected chi connectivity index (χ2v) is 7.49. The maximum atomic E-state index is 5.50. The van der Waals surface area contributed by atoms with Gasteiger partial charge in [0.1, 0.15) is 12.4 Å². The van der Waals surface area contributed by atoms with Gasteiger partial charge in [-0.15, -0.1) is 34.2 Å². The Balaban J connectivity index is 0.00000363.